The Morgan fingerprint density at radius 2 is 2.21 bits per heavy atom. The fourth-order valence-corrected chi connectivity index (χ4v) is 1.64. The highest BCUT2D eigenvalue weighted by Gasteiger charge is 2.22. The van der Waals surface area contributed by atoms with E-state index in [1.165, 1.54) is 6.07 Å². The Kier molecular flexibility index (Phi) is 4.06. The number of hydrogen-bond acceptors (Lipinski definition) is 4. The predicted molar refractivity (Wildman–Crippen MR) is 65.9 cm³/mol. The van der Waals surface area contributed by atoms with E-state index in [2.05, 4.69) is 10.6 Å². The summed E-state index contributed by atoms with van der Waals surface area (Å²) in [5.41, 5.74) is 0.0116. The van der Waals surface area contributed by atoms with Crippen LogP contribution in [-0.4, -0.2) is 23.4 Å². The van der Waals surface area contributed by atoms with Crippen molar-refractivity contribution < 1.29 is 14.1 Å². The summed E-state index contributed by atoms with van der Waals surface area (Å²) in [6.45, 7) is 0.433. The number of amides is 1. The Balaban J connectivity index is 1.80. The molecule has 1 saturated carbocycles. The van der Waals surface area contributed by atoms with Crippen molar-refractivity contribution in [2.24, 2.45) is 0 Å². The average Bonchev–Trinajstić information content (AvgIpc) is 3.12. The summed E-state index contributed by atoms with van der Waals surface area (Å²) in [5, 5.41) is 16.1. The van der Waals surface area contributed by atoms with Gasteiger partial charge in [-0.15, -0.1) is 0 Å². The van der Waals surface area contributed by atoms with E-state index < -0.39 is 16.4 Å². The van der Waals surface area contributed by atoms with Gasteiger partial charge in [-0.3, -0.25) is 14.9 Å². The number of carbonyl (C=O) groups excluding carboxylic acids is 1. The Morgan fingerprint density at radius 1 is 1.47 bits per heavy atom. The van der Waals surface area contributed by atoms with Gasteiger partial charge in [-0.2, -0.15) is 4.39 Å². The number of halogens is 1. The maximum Gasteiger partial charge on any atom is 0.304 e. The van der Waals surface area contributed by atoms with Gasteiger partial charge in [0, 0.05) is 18.7 Å². The van der Waals surface area contributed by atoms with Crippen molar-refractivity contribution in [3.05, 3.63) is 39.7 Å². The van der Waals surface area contributed by atoms with Crippen molar-refractivity contribution in [1.82, 2.24) is 10.6 Å². The maximum absolute atomic E-state index is 13.3. The van der Waals surface area contributed by atoms with Crippen LogP contribution >= 0.6 is 0 Å². The maximum atomic E-state index is 13.3. The number of benzene rings is 1. The molecule has 2 N–H and O–H groups in total. The van der Waals surface area contributed by atoms with Gasteiger partial charge in [-0.25, -0.2) is 0 Å². The van der Waals surface area contributed by atoms with Crippen molar-refractivity contribution in [2.75, 3.05) is 6.54 Å². The summed E-state index contributed by atoms with van der Waals surface area (Å²) >= 11 is 0. The molecule has 7 heteroatoms. The first kappa shape index (κ1) is 13.4. The molecule has 0 atom stereocenters. The molecule has 0 radical (unpaired) electrons. The van der Waals surface area contributed by atoms with Gasteiger partial charge in [0.05, 0.1) is 11.5 Å². The van der Waals surface area contributed by atoms with E-state index in [4.69, 9.17) is 0 Å². The summed E-state index contributed by atoms with van der Waals surface area (Å²) in [6, 6.07) is 4.00. The van der Waals surface area contributed by atoms with Crippen LogP contribution in [-0.2, 0) is 11.3 Å². The quantitative estimate of drug-likeness (QED) is 0.597. The second-order valence-corrected chi connectivity index (χ2v) is 4.49. The zero-order chi connectivity index (χ0) is 13.8. The van der Waals surface area contributed by atoms with E-state index in [0.717, 1.165) is 25.0 Å². The van der Waals surface area contributed by atoms with Gasteiger partial charge in [-0.1, -0.05) is 6.07 Å². The van der Waals surface area contributed by atoms with Crippen LogP contribution in [0.1, 0.15) is 18.4 Å². The third-order valence-corrected chi connectivity index (χ3v) is 2.77. The summed E-state index contributed by atoms with van der Waals surface area (Å²) < 4.78 is 13.3. The second-order valence-electron chi connectivity index (χ2n) is 4.49. The highest BCUT2D eigenvalue weighted by molar-refractivity contribution is 5.78. The van der Waals surface area contributed by atoms with Crippen molar-refractivity contribution in [3.63, 3.8) is 0 Å². The van der Waals surface area contributed by atoms with Crippen LogP contribution in [0.2, 0.25) is 0 Å². The van der Waals surface area contributed by atoms with Crippen molar-refractivity contribution >= 4 is 11.6 Å². The first-order valence-electron chi connectivity index (χ1n) is 5.99. The van der Waals surface area contributed by atoms with E-state index in [1.54, 1.807) is 0 Å². The Morgan fingerprint density at radius 3 is 2.79 bits per heavy atom. The van der Waals surface area contributed by atoms with Gasteiger partial charge in [-0.05, 0) is 24.5 Å². The van der Waals surface area contributed by atoms with Gasteiger partial charge in [0.25, 0.3) is 0 Å². The third-order valence-electron chi connectivity index (χ3n) is 2.77. The Bertz CT molecular complexity index is 503. The molecule has 2 rings (SSSR count). The topological polar surface area (TPSA) is 84.3 Å². The smallest absolute Gasteiger partial charge is 0.304 e. The van der Waals surface area contributed by atoms with Crippen LogP contribution in [0.4, 0.5) is 10.1 Å². The fourth-order valence-electron chi connectivity index (χ4n) is 1.64. The lowest BCUT2D eigenvalue weighted by Gasteiger charge is -2.06. The molecular weight excluding hydrogens is 253 g/mol. The SMILES string of the molecule is O=C(CNCc1ccc([N+](=O)[O-])c(F)c1)NC1CC1. The van der Waals surface area contributed by atoms with Gasteiger partial charge >= 0.3 is 5.69 Å². The largest absolute Gasteiger partial charge is 0.352 e. The number of carbonyl (C=O) groups is 1. The van der Waals surface area contributed by atoms with Gasteiger partial charge in [0.2, 0.25) is 11.7 Å². The van der Waals surface area contributed by atoms with E-state index in [1.807, 2.05) is 0 Å². The van der Waals surface area contributed by atoms with Crippen molar-refractivity contribution in [2.45, 2.75) is 25.4 Å². The van der Waals surface area contributed by atoms with Crippen LogP contribution in [0.5, 0.6) is 0 Å². The van der Waals surface area contributed by atoms with Crippen LogP contribution in [0.15, 0.2) is 18.2 Å². The Labute approximate surface area is 109 Å². The molecule has 0 aromatic heterocycles. The number of nitro groups is 1. The number of hydrogen-bond donors (Lipinski definition) is 2. The van der Waals surface area contributed by atoms with Crippen molar-refractivity contribution in [3.8, 4) is 0 Å². The third kappa shape index (κ3) is 3.99. The molecule has 19 heavy (non-hydrogen) atoms. The molecule has 1 amide bonds. The highest BCUT2D eigenvalue weighted by Crippen LogP contribution is 2.18. The molecule has 1 aliphatic carbocycles. The molecule has 102 valence electrons. The molecular formula is C12H14FN3O3. The normalized spacial score (nSPS) is 14.2. The zero-order valence-corrected chi connectivity index (χ0v) is 10.2. The van der Waals surface area contributed by atoms with Crippen LogP contribution < -0.4 is 10.6 Å². The monoisotopic (exact) mass is 267 g/mol. The molecule has 0 heterocycles. The van der Waals surface area contributed by atoms with Gasteiger partial charge in [0.1, 0.15) is 0 Å². The first-order valence-corrected chi connectivity index (χ1v) is 5.99. The number of nitrogens with one attached hydrogen (secondary N) is 2. The second kappa shape index (κ2) is 5.75. The van der Waals surface area contributed by atoms with E-state index in [-0.39, 0.29) is 19.0 Å². The van der Waals surface area contributed by atoms with Gasteiger partial charge < -0.3 is 10.6 Å². The zero-order valence-electron chi connectivity index (χ0n) is 10.2. The summed E-state index contributed by atoms with van der Waals surface area (Å²) in [4.78, 5) is 21.0. The number of nitrogens with zero attached hydrogens (tertiary/aromatic N) is 1. The van der Waals surface area contributed by atoms with Crippen LogP contribution in [0, 0.1) is 15.9 Å². The summed E-state index contributed by atoms with van der Waals surface area (Å²) in [7, 11) is 0. The molecule has 6 nitrogen and oxygen atoms in total. The fraction of sp³-hybridized carbons (Fsp3) is 0.417. The van der Waals surface area contributed by atoms with Gasteiger partial charge in [0.15, 0.2) is 0 Å². The molecule has 1 aromatic rings. The molecule has 0 spiro atoms. The van der Waals surface area contributed by atoms with E-state index in [0.29, 0.717) is 11.6 Å². The lowest BCUT2D eigenvalue weighted by molar-refractivity contribution is -0.387. The van der Waals surface area contributed by atoms with E-state index in [9.17, 15) is 19.3 Å². The molecule has 1 fully saturated rings. The number of nitro benzene ring substituents is 1. The summed E-state index contributed by atoms with van der Waals surface area (Å²) in [5.74, 6) is -0.961. The predicted octanol–water partition coefficient (Wildman–Crippen LogP) is 1.10. The molecule has 0 unspecified atom stereocenters. The molecule has 1 aliphatic rings. The minimum Gasteiger partial charge on any atom is -0.352 e. The lowest BCUT2D eigenvalue weighted by atomic mass is 10.2. The minimum atomic E-state index is -0.869. The molecule has 1 aromatic carbocycles. The lowest BCUT2D eigenvalue weighted by Crippen LogP contribution is -2.34. The molecule has 0 saturated heterocycles. The summed E-state index contributed by atoms with van der Waals surface area (Å²) in [6.07, 6.45) is 2.05. The first-order chi connectivity index (χ1) is 9.06. The average molecular weight is 267 g/mol. The molecule has 0 aliphatic heterocycles. The van der Waals surface area contributed by atoms with Crippen molar-refractivity contribution in [1.29, 1.82) is 0 Å². The Hall–Kier alpha value is -2.02. The highest BCUT2D eigenvalue weighted by atomic mass is 19.1. The number of rotatable bonds is 6. The minimum absolute atomic E-state index is 0.0927. The molecule has 0 bridgehead atoms. The van der Waals surface area contributed by atoms with Crippen LogP contribution in [0.25, 0.3) is 0 Å². The standard InChI is InChI=1S/C12H14FN3O3/c13-10-5-8(1-4-11(10)16(18)19)6-14-7-12(17)15-9-2-3-9/h1,4-5,9,14H,2-3,6-7H2,(H,15,17). The van der Waals surface area contributed by atoms with E-state index >= 15 is 0 Å². The van der Waals surface area contributed by atoms with Crippen LogP contribution in [0.3, 0.4) is 0 Å².